The highest BCUT2D eigenvalue weighted by atomic mass is 16.6. The fourth-order valence-corrected chi connectivity index (χ4v) is 4.43. The quantitative estimate of drug-likeness (QED) is 0.772. The number of esters is 1. The van der Waals surface area contributed by atoms with Crippen LogP contribution in [-0.2, 0) is 15.1 Å². The predicted molar refractivity (Wildman–Crippen MR) is 92.5 cm³/mol. The molecular formula is C20H25NO4. The number of benzene rings is 1. The van der Waals surface area contributed by atoms with E-state index in [2.05, 4.69) is 0 Å². The summed E-state index contributed by atoms with van der Waals surface area (Å²) in [6.45, 7) is 3.07. The molecule has 1 aromatic carbocycles. The summed E-state index contributed by atoms with van der Waals surface area (Å²) in [5, 5.41) is 0. The van der Waals surface area contributed by atoms with Gasteiger partial charge in [0, 0.05) is 38.4 Å². The van der Waals surface area contributed by atoms with Gasteiger partial charge in [-0.2, -0.15) is 0 Å². The van der Waals surface area contributed by atoms with Gasteiger partial charge in [0.15, 0.2) is 0 Å². The Balaban J connectivity index is 1.48. The van der Waals surface area contributed by atoms with Gasteiger partial charge in [-0.25, -0.2) is 4.79 Å². The lowest BCUT2D eigenvalue weighted by Crippen LogP contribution is -2.40. The number of rotatable bonds is 2. The molecule has 1 amide bonds. The van der Waals surface area contributed by atoms with E-state index in [1.807, 2.05) is 23.1 Å². The molecule has 134 valence electrons. The number of ether oxygens (including phenoxy) is 2. The summed E-state index contributed by atoms with van der Waals surface area (Å²) in [6.07, 6.45) is 7.03. The fourth-order valence-electron chi connectivity index (χ4n) is 4.43. The summed E-state index contributed by atoms with van der Waals surface area (Å²) in [5.41, 5.74) is 1.31. The van der Waals surface area contributed by atoms with E-state index in [1.54, 1.807) is 6.92 Å². The van der Waals surface area contributed by atoms with Crippen molar-refractivity contribution in [1.29, 1.82) is 0 Å². The zero-order valence-electron chi connectivity index (χ0n) is 14.8. The highest BCUT2D eigenvalue weighted by Gasteiger charge is 2.46. The molecule has 5 nitrogen and oxygen atoms in total. The molecule has 0 aromatic heterocycles. The molecule has 2 heterocycles. The third-order valence-corrected chi connectivity index (χ3v) is 5.84. The van der Waals surface area contributed by atoms with Gasteiger partial charge in [0.25, 0.3) is 0 Å². The Labute approximate surface area is 148 Å². The van der Waals surface area contributed by atoms with Crippen molar-refractivity contribution in [2.24, 2.45) is 0 Å². The molecule has 1 saturated heterocycles. The molecule has 0 unspecified atom stereocenters. The lowest BCUT2D eigenvalue weighted by atomic mass is 9.79. The Hall–Kier alpha value is -2.04. The molecule has 0 radical (unpaired) electrons. The normalized spacial score (nSPS) is 22.6. The molecule has 4 rings (SSSR count). The van der Waals surface area contributed by atoms with Crippen LogP contribution in [0.1, 0.15) is 67.8 Å². The van der Waals surface area contributed by atoms with E-state index >= 15 is 0 Å². The molecule has 1 saturated carbocycles. The Morgan fingerprint density at radius 1 is 1.20 bits per heavy atom. The van der Waals surface area contributed by atoms with Crippen LogP contribution < -0.4 is 4.74 Å². The van der Waals surface area contributed by atoms with Crippen LogP contribution in [-0.4, -0.2) is 36.0 Å². The van der Waals surface area contributed by atoms with Crippen LogP contribution in [0.5, 0.6) is 5.75 Å². The molecule has 0 N–H and O–H groups in total. The SMILES string of the molecule is CC(=O)N1CCC(Oc2ccc3c(c2)C(=O)OC32CCCCC2)CC1. The number of hydrogen-bond acceptors (Lipinski definition) is 4. The Bertz CT molecular complexity index is 685. The summed E-state index contributed by atoms with van der Waals surface area (Å²) >= 11 is 0. The van der Waals surface area contributed by atoms with Crippen LogP contribution in [0.15, 0.2) is 18.2 Å². The molecule has 1 spiro atoms. The van der Waals surface area contributed by atoms with E-state index in [1.165, 1.54) is 6.42 Å². The lowest BCUT2D eigenvalue weighted by molar-refractivity contribution is -0.130. The number of carbonyl (C=O) groups is 2. The largest absolute Gasteiger partial charge is 0.490 e. The van der Waals surface area contributed by atoms with Gasteiger partial charge in [-0.05, 0) is 37.8 Å². The summed E-state index contributed by atoms with van der Waals surface area (Å²) in [4.78, 5) is 25.6. The van der Waals surface area contributed by atoms with E-state index in [0.717, 1.165) is 62.9 Å². The van der Waals surface area contributed by atoms with Crippen LogP contribution in [0.4, 0.5) is 0 Å². The minimum Gasteiger partial charge on any atom is -0.490 e. The fraction of sp³-hybridized carbons (Fsp3) is 0.600. The second kappa shape index (κ2) is 6.36. The monoisotopic (exact) mass is 343 g/mol. The maximum atomic E-state index is 12.4. The number of piperidine rings is 1. The van der Waals surface area contributed by atoms with Gasteiger partial charge in [-0.1, -0.05) is 12.5 Å². The van der Waals surface area contributed by atoms with Gasteiger partial charge in [0.2, 0.25) is 5.91 Å². The van der Waals surface area contributed by atoms with Crippen molar-refractivity contribution in [3.63, 3.8) is 0 Å². The Morgan fingerprint density at radius 3 is 2.60 bits per heavy atom. The molecule has 25 heavy (non-hydrogen) atoms. The van der Waals surface area contributed by atoms with Crippen LogP contribution in [0.2, 0.25) is 0 Å². The van der Waals surface area contributed by atoms with Gasteiger partial charge in [-0.15, -0.1) is 0 Å². The van der Waals surface area contributed by atoms with E-state index in [0.29, 0.717) is 5.56 Å². The number of fused-ring (bicyclic) bond motifs is 2. The van der Waals surface area contributed by atoms with Crippen molar-refractivity contribution in [3.8, 4) is 5.75 Å². The maximum absolute atomic E-state index is 12.4. The highest BCUT2D eigenvalue weighted by Crippen LogP contribution is 2.47. The smallest absolute Gasteiger partial charge is 0.339 e. The molecule has 2 fully saturated rings. The van der Waals surface area contributed by atoms with Crippen molar-refractivity contribution in [2.45, 2.75) is 63.6 Å². The number of carbonyl (C=O) groups excluding carboxylic acids is 2. The average molecular weight is 343 g/mol. The Kier molecular flexibility index (Phi) is 4.18. The van der Waals surface area contributed by atoms with Crippen molar-refractivity contribution < 1.29 is 19.1 Å². The van der Waals surface area contributed by atoms with E-state index in [9.17, 15) is 9.59 Å². The van der Waals surface area contributed by atoms with E-state index < -0.39 is 5.60 Å². The molecule has 3 aliphatic rings. The molecule has 2 aliphatic heterocycles. The number of amides is 1. The highest BCUT2D eigenvalue weighted by molar-refractivity contribution is 5.95. The number of hydrogen-bond donors (Lipinski definition) is 0. The predicted octanol–water partition coefficient (Wildman–Crippen LogP) is 3.41. The first-order valence-electron chi connectivity index (χ1n) is 9.37. The first kappa shape index (κ1) is 16.4. The maximum Gasteiger partial charge on any atom is 0.339 e. The molecule has 1 aliphatic carbocycles. The zero-order chi connectivity index (χ0) is 17.4. The van der Waals surface area contributed by atoms with E-state index in [-0.39, 0.29) is 18.0 Å². The van der Waals surface area contributed by atoms with Crippen molar-refractivity contribution in [1.82, 2.24) is 4.90 Å². The number of likely N-dealkylation sites (tertiary alicyclic amines) is 1. The summed E-state index contributed by atoms with van der Waals surface area (Å²) in [7, 11) is 0. The first-order valence-corrected chi connectivity index (χ1v) is 9.37. The molecule has 0 atom stereocenters. The lowest BCUT2D eigenvalue weighted by Gasteiger charge is -2.33. The number of nitrogens with zero attached hydrogens (tertiary/aromatic N) is 1. The van der Waals surface area contributed by atoms with Crippen molar-refractivity contribution >= 4 is 11.9 Å². The van der Waals surface area contributed by atoms with Crippen molar-refractivity contribution in [3.05, 3.63) is 29.3 Å². The van der Waals surface area contributed by atoms with Crippen LogP contribution in [0.25, 0.3) is 0 Å². The van der Waals surface area contributed by atoms with Crippen LogP contribution in [0, 0.1) is 0 Å². The summed E-state index contributed by atoms with van der Waals surface area (Å²) in [5.74, 6) is 0.634. The second-order valence-electron chi connectivity index (χ2n) is 7.48. The van der Waals surface area contributed by atoms with Gasteiger partial charge in [-0.3, -0.25) is 4.79 Å². The average Bonchev–Trinajstić information content (AvgIpc) is 2.87. The summed E-state index contributed by atoms with van der Waals surface area (Å²) in [6, 6.07) is 5.83. The Morgan fingerprint density at radius 2 is 1.92 bits per heavy atom. The molecule has 5 heteroatoms. The van der Waals surface area contributed by atoms with Gasteiger partial charge in [0.1, 0.15) is 17.5 Å². The molecular weight excluding hydrogens is 318 g/mol. The van der Waals surface area contributed by atoms with Gasteiger partial charge in [0.05, 0.1) is 5.56 Å². The van der Waals surface area contributed by atoms with Crippen LogP contribution in [0.3, 0.4) is 0 Å². The standard InChI is InChI=1S/C20H25NO4/c1-14(22)21-11-7-15(8-12-21)24-16-5-6-18-17(13-16)19(23)25-20(18)9-3-2-4-10-20/h5-6,13,15H,2-4,7-12H2,1H3. The third kappa shape index (κ3) is 3.00. The first-order chi connectivity index (χ1) is 12.1. The molecule has 0 bridgehead atoms. The van der Waals surface area contributed by atoms with Crippen LogP contribution >= 0.6 is 0 Å². The van der Waals surface area contributed by atoms with E-state index in [4.69, 9.17) is 9.47 Å². The van der Waals surface area contributed by atoms with Gasteiger partial charge < -0.3 is 14.4 Å². The molecule has 1 aromatic rings. The second-order valence-corrected chi connectivity index (χ2v) is 7.48. The minimum atomic E-state index is -0.393. The zero-order valence-corrected chi connectivity index (χ0v) is 14.8. The summed E-state index contributed by atoms with van der Waals surface area (Å²) < 4.78 is 11.9. The third-order valence-electron chi connectivity index (χ3n) is 5.84. The topological polar surface area (TPSA) is 55.8 Å². The minimum absolute atomic E-state index is 0.0923. The van der Waals surface area contributed by atoms with Crippen molar-refractivity contribution in [2.75, 3.05) is 13.1 Å². The van der Waals surface area contributed by atoms with Gasteiger partial charge >= 0.3 is 5.97 Å².